The van der Waals surface area contributed by atoms with Crippen molar-refractivity contribution in [1.29, 1.82) is 0 Å². The molecule has 0 aliphatic carbocycles. The van der Waals surface area contributed by atoms with Crippen LogP contribution in [0.15, 0.2) is 0 Å². The predicted octanol–water partition coefficient (Wildman–Crippen LogP) is -0.371. The van der Waals surface area contributed by atoms with Crippen LogP contribution in [0.1, 0.15) is 12.8 Å². The first-order valence-corrected chi connectivity index (χ1v) is 5.26. The summed E-state index contributed by atoms with van der Waals surface area (Å²) in [5, 5.41) is 11.3. The second-order valence-corrected chi connectivity index (χ2v) is 3.72. The van der Waals surface area contributed by atoms with Gasteiger partial charge < -0.3 is 19.9 Å². The number of rotatable bonds is 5. The van der Waals surface area contributed by atoms with E-state index in [1.54, 1.807) is 0 Å². The number of aliphatic carboxylic acids is 1. The van der Waals surface area contributed by atoms with Crippen molar-refractivity contribution < 1.29 is 24.2 Å². The Morgan fingerprint density at radius 2 is 2.38 bits per heavy atom. The molecule has 2 atom stereocenters. The molecule has 0 aromatic rings. The highest BCUT2D eigenvalue weighted by Gasteiger charge is 2.23. The highest BCUT2D eigenvalue weighted by atomic mass is 16.5. The van der Waals surface area contributed by atoms with Crippen molar-refractivity contribution in [2.45, 2.75) is 18.9 Å². The second-order valence-electron chi connectivity index (χ2n) is 3.72. The largest absolute Gasteiger partial charge is 0.479 e. The van der Waals surface area contributed by atoms with Gasteiger partial charge in [-0.3, -0.25) is 4.79 Å². The summed E-state index contributed by atoms with van der Waals surface area (Å²) in [5.41, 5.74) is 0. The van der Waals surface area contributed by atoms with Gasteiger partial charge in [-0.25, -0.2) is 4.79 Å². The van der Waals surface area contributed by atoms with Crippen molar-refractivity contribution >= 4 is 11.9 Å². The molecule has 1 amide bonds. The van der Waals surface area contributed by atoms with E-state index in [0.717, 1.165) is 12.8 Å². The van der Waals surface area contributed by atoms with Crippen molar-refractivity contribution in [3.05, 3.63) is 0 Å². The van der Waals surface area contributed by atoms with Crippen molar-refractivity contribution in [3.8, 4) is 0 Å². The lowest BCUT2D eigenvalue weighted by Crippen LogP contribution is -2.42. The van der Waals surface area contributed by atoms with E-state index in [-0.39, 0.29) is 18.4 Å². The molecule has 1 saturated heterocycles. The number of amides is 1. The van der Waals surface area contributed by atoms with Crippen LogP contribution in [0.25, 0.3) is 0 Å². The lowest BCUT2D eigenvalue weighted by atomic mass is 10.0. The molecule has 0 radical (unpaired) electrons. The van der Waals surface area contributed by atoms with Crippen LogP contribution in [0.2, 0.25) is 0 Å². The quantitative estimate of drug-likeness (QED) is 0.674. The minimum absolute atomic E-state index is 0.0127. The Labute approximate surface area is 93.9 Å². The fourth-order valence-corrected chi connectivity index (χ4v) is 1.56. The Bertz CT molecular complexity index is 250. The molecule has 0 bridgehead atoms. The van der Waals surface area contributed by atoms with E-state index in [9.17, 15) is 9.59 Å². The molecule has 1 heterocycles. The summed E-state index contributed by atoms with van der Waals surface area (Å²) in [6.45, 7) is 1.09. The smallest absolute Gasteiger partial charge is 0.334 e. The molecule has 1 fully saturated rings. The summed E-state index contributed by atoms with van der Waals surface area (Å²) in [5.74, 6) is -1.41. The number of carbonyl (C=O) groups is 2. The van der Waals surface area contributed by atoms with Crippen molar-refractivity contribution in [2.24, 2.45) is 5.92 Å². The van der Waals surface area contributed by atoms with Crippen LogP contribution < -0.4 is 5.32 Å². The first-order valence-electron chi connectivity index (χ1n) is 5.26. The molecule has 1 rings (SSSR count). The average molecular weight is 231 g/mol. The van der Waals surface area contributed by atoms with Gasteiger partial charge in [-0.15, -0.1) is 0 Å². The fraction of sp³-hybridized carbons (Fsp3) is 0.800. The van der Waals surface area contributed by atoms with Gasteiger partial charge in [0.05, 0.1) is 19.1 Å². The number of hydrogen-bond donors (Lipinski definition) is 2. The number of methoxy groups -OCH3 is 1. The molecule has 2 N–H and O–H groups in total. The molecule has 92 valence electrons. The Balaban J connectivity index is 2.30. The zero-order valence-corrected chi connectivity index (χ0v) is 9.27. The third-order valence-electron chi connectivity index (χ3n) is 2.55. The lowest BCUT2D eigenvalue weighted by Gasteiger charge is -2.22. The number of nitrogens with one attached hydrogen (secondary N) is 1. The van der Waals surface area contributed by atoms with Crippen LogP contribution >= 0.6 is 0 Å². The van der Waals surface area contributed by atoms with Crippen LogP contribution in [0.4, 0.5) is 0 Å². The minimum atomic E-state index is -1.08. The Morgan fingerprint density at radius 3 is 2.88 bits per heavy atom. The van der Waals surface area contributed by atoms with Gasteiger partial charge in [-0.2, -0.15) is 0 Å². The van der Waals surface area contributed by atoms with E-state index < -0.39 is 12.1 Å². The van der Waals surface area contributed by atoms with Gasteiger partial charge >= 0.3 is 5.97 Å². The number of carboxylic acids is 1. The maximum Gasteiger partial charge on any atom is 0.334 e. The highest BCUT2D eigenvalue weighted by molar-refractivity contribution is 5.80. The standard InChI is InChI=1S/C10H17NO5/c1-15-8(10(13)14)5-11-9(12)7-3-2-4-16-6-7/h7-8H,2-6H2,1H3,(H,11,12)(H,13,14). The minimum Gasteiger partial charge on any atom is -0.479 e. The average Bonchev–Trinajstić information content (AvgIpc) is 2.30. The van der Waals surface area contributed by atoms with Crippen molar-refractivity contribution in [2.75, 3.05) is 26.9 Å². The maximum absolute atomic E-state index is 11.6. The summed E-state index contributed by atoms with van der Waals surface area (Å²) in [7, 11) is 1.30. The van der Waals surface area contributed by atoms with E-state index in [0.29, 0.717) is 13.2 Å². The van der Waals surface area contributed by atoms with Gasteiger partial charge in [0.2, 0.25) is 5.91 Å². The molecule has 0 spiro atoms. The number of carboxylic acid groups (broad SMARTS) is 1. The van der Waals surface area contributed by atoms with Gasteiger partial charge in [0, 0.05) is 13.7 Å². The first-order chi connectivity index (χ1) is 7.65. The molecule has 1 aliphatic heterocycles. The summed E-state index contributed by atoms with van der Waals surface area (Å²) in [6.07, 6.45) is 0.662. The summed E-state index contributed by atoms with van der Waals surface area (Å²) in [4.78, 5) is 22.2. The number of ether oxygens (including phenoxy) is 2. The highest BCUT2D eigenvalue weighted by Crippen LogP contribution is 2.13. The molecule has 6 nitrogen and oxygen atoms in total. The Hall–Kier alpha value is -1.14. The summed E-state index contributed by atoms with van der Waals surface area (Å²) < 4.78 is 9.88. The fourth-order valence-electron chi connectivity index (χ4n) is 1.56. The van der Waals surface area contributed by atoms with Crippen molar-refractivity contribution in [1.82, 2.24) is 5.32 Å². The lowest BCUT2D eigenvalue weighted by molar-refractivity contribution is -0.148. The van der Waals surface area contributed by atoms with E-state index >= 15 is 0 Å². The molecular formula is C10H17NO5. The molecule has 0 aromatic heterocycles. The van der Waals surface area contributed by atoms with E-state index in [1.165, 1.54) is 7.11 Å². The molecule has 16 heavy (non-hydrogen) atoms. The van der Waals surface area contributed by atoms with Crippen molar-refractivity contribution in [3.63, 3.8) is 0 Å². The van der Waals surface area contributed by atoms with Gasteiger partial charge in [0.1, 0.15) is 0 Å². The Kier molecular flexibility index (Phi) is 5.21. The monoisotopic (exact) mass is 231 g/mol. The van der Waals surface area contributed by atoms with Crippen LogP contribution in [0.5, 0.6) is 0 Å². The predicted molar refractivity (Wildman–Crippen MR) is 55.0 cm³/mol. The first kappa shape index (κ1) is 12.9. The summed E-state index contributed by atoms with van der Waals surface area (Å²) >= 11 is 0. The second kappa shape index (κ2) is 6.44. The van der Waals surface area contributed by atoms with Gasteiger partial charge in [0.15, 0.2) is 6.10 Å². The molecular weight excluding hydrogens is 214 g/mol. The molecule has 6 heteroatoms. The zero-order chi connectivity index (χ0) is 12.0. The number of hydrogen-bond acceptors (Lipinski definition) is 4. The van der Waals surface area contributed by atoms with E-state index in [2.05, 4.69) is 5.32 Å². The van der Waals surface area contributed by atoms with E-state index in [4.69, 9.17) is 14.6 Å². The van der Waals surface area contributed by atoms with Crippen LogP contribution in [0.3, 0.4) is 0 Å². The maximum atomic E-state index is 11.6. The van der Waals surface area contributed by atoms with E-state index in [1.807, 2.05) is 0 Å². The molecule has 1 aliphatic rings. The Morgan fingerprint density at radius 1 is 1.62 bits per heavy atom. The summed E-state index contributed by atoms with van der Waals surface area (Å²) in [6, 6.07) is 0. The van der Waals surface area contributed by atoms with Crippen LogP contribution in [-0.2, 0) is 19.1 Å². The topological polar surface area (TPSA) is 84.9 Å². The SMILES string of the molecule is COC(CNC(=O)C1CCCOC1)C(=O)O. The van der Waals surface area contributed by atoms with Gasteiger partial charge in [-0.1, -0.05) is 0 Å². The van der Waals surface area contributed by atoms with Crippen LogP contribution in [0, 0.1) is 5.92 Å². The number of carbonyl (C=O) groups excluding carboxylic acids is 1. The molecule has 0 saturated carbocycles. The molecule has 0 aromatic carbocycles. The van der Waals surface area contributed by atoms with Crippen LogP contribution in [-0.4, -0.2) is 50.0 Å². The normalized spacial score (nSPS) is 22.4. The molecule has 2 unspecified atom stereocenters. The van der Waals surface area contributed by atoms with Gasteiger partial charge in [0.25, 0.3) is 0 Å². The third kappa shape index (κ3) is 3.79. The van der Waals surface area contributed by atoms with Gasteiger partial charge in [-0.05, 0) is 12.8 Å². The zero-order valence-electron chi connectivity index (χ0n) is 9.27. The third-order valence-corrected chi connectivity index (χ3v) is 2.55.